The van der Waals surface area contributed by atoms with Crippen molar-refractivity contribution in [2.24, 2.45) is 0 Å². The van der Waals surface area contributed by atoms with Crippen LogP contribution in [0, 0.1) is 0 Å². The molecule has 0 aromatic carbocycles. The van der Waals surface area contributed by atoms with E-state index >= 15 is 0 Å². The van der Waals surface area contributed by atoms with Gasteiger partial charge < -0.3 is 8.85 Å². The van der Waals surface area contributed by atoms with Gasteiger partial charge in [0, 0.05) is 13.2 Å². The summed E-state index contributed by atoms with van der Waals surface area (Å²) in [7, 11) is -5.63. The molecule has 162 valence electrons. The summed E-state index contributed by atoms with van der Waals surface area (Å²) in [5, 5.41) is 0. The van der Waals surface area contributed by atoms with E-state index in [0.717, 1.165) is 13.8 Å². The van der Waals surface area contributed by atoms with Crippen LogP contribution >= 0.6 is 0 Å². The van der Waals surface area contributed by atoms with Gasteiger partial charge in [-0.1, -0.05) is 13.3 Å². The lowest BCUT2D eigenvalue weighted by atomic mass is 10.0. The molecule has 0 unspecified atom stereocenters. The van der Waals surface area contributed by atoms with E-state index in [1.807, 2.05) is 0 Å². The van der Waals surface area contributed by atoms with Crippen LogP contribution in [0.1, 0.15) is 27.2 Å². The molecule has 0 spiro atoms. The van der Waals surface area contributed by atoms with Crippen LogP contribution in [0.15, 0.2) is 11.9 Å². The molecule has 0 saturated heterocycles. The van der Waals surface area contributed by atoms with Crippen molar-refractivity contribution in [3.63, 3.8) is 0 Å². The van der Waals surface area contributed by atoms with Gasteiger partial charge in [-0.15, -0.1) is 0 Å². The molecule has 0 atom stereocenters. The monoisotopic (exact) mass is 442 g/mol. The standard InChI is InChI=1S/C13H17F11O2Si/c1-4-7-27(25-5-2,26-6-3)13(23,24)12(21,22)11(19,20)10(17,18)8(14)9(15)16/h4-7H2,1-3H3. The number of hydrogen-bond donors (Lipinski definition) is 0. The van der Waals surface area contributed by atoms with E-state index in [1.54, 1.807) is 0 Å². The normalized spacial score (nSPS) is 14.4. The molecule has 0 aliphatic rings. The van der Waals surface area contributed by atoms with Crippen molar-refractivity contribution in [2.45, 2.75) is 56.5 Å². The highest BCUT2D eigenvalue weighted by atomic mass is 28.4. The summed E-state index contributed by atoms with van der Waals surface area (Å²) < 4.78 is 157. The highest BCUT2D eigenvalue weighted by molar-refractivity contribution is 6.70. The summed E-state index contributed by atoms with van der Waals surface area (Å²) in [6, 6.07) is -1.01. The second-order valence-corrected chi connectivity index (χ2v) is 8.45. The maximum atomic E-state index is 14.5. The molecule has 0 aromatic rings. The van der Waals surface area contributed by atoms with Crippen LogP contribution in [0.4, 0.5) is 48.3 Å². The molecule has 0 aliphatic heterocycles. The molecule has 0 bridgehead atoms. The average Bonchev–Trinajstić information content (AvgIpc) is 2.53. The summed E-state index contributed by atoms with van der Waals surface area (Å²) in [5.74, 6) is -25.4. The zero-order valence-corrected chi connectivity index (χ0v) is 15.3. The lowest BCUT2D eigenvalue weighted by molar-refractivity contribution is -0.349. The molecule has 0 heterocycles. The summed E-state index contributed by atoms with van der Waals surface area (Å²) in [6.45, 7) is 1.83. The minimum Gasteiger partial charge on any atom is -0.391 e. The van der Waals surface area contributed by atoms with Gasteiger partial charge >= 0.3 is 38.0 Å². The highest BCUT2D eigenvalue weighted by Crippen LogP contribution is 2.58. The predicted octanol–water partition coefficient (Wildman–Crippen LogP) is 6.07. The van der Waals surface area contributed by atoms with Crippen LogP contribution in [0.3, 0.4) is 0 Å². The molecule has 27 heavy (non-hydrogen) atoms. The molecule has 0 aliphatic carbocycles. The van der Waals surface area contributed by atoms with Gasteiger partial charge in [-0.3, -0.25) is 0 Å². The predicted molar refractivity (Wildman–Crippen MR) is 74.2 cm³/mol. The van der Waals surface area contributed by atoms with Gasteiger partial charge in [-0.25, -0.2) is 0 Å². The molecule has 0 amide bonds. The van der Waals surface area contributed by atoms with Gasteiger partial charge in [0.25, 0.3) is 0 Å². The number of rotatable bonds is 11. The lowest BCUT2D eigenvalue weighted by Crippen LogP contribution is -2.73. The van der Waals surface area contributed by atoms with E-state index in [2.05, 4.69) is 8.85 Å². The highest BCUT2D eigenvalue weighted by Gasteiger charge is 2.87. The molecule has 0 fully saturated rings. The first-order chi connectivity index (χ1) is 12.0. The number of hydrogen-bond acceptors (Lipinski definition) is 2. The van der Waals surface area contributed by atoms with Crippen LogP contribution < -0.4 is 0 Å². The van der Waals surface area contributed by atoms with Crippen molar-refractivity contribution in [3.05, 3.63) is 11.9 Å². The van der Waals surface area contributed by atoms with Crippen LogP contribution in [0.5, 0.6) is 0 Å². The molecular formula is C13H17F11O2Si. The summed E-state index contributed by atoms with van der Waals surface area (Å²) >= 11 is 0. The molecule has 14 heteroatoms. The van der Waals surface area contributed by atoms with Crippen molar-refractivity contribution in [3.8, 4) is 0 Å². The minimum absolute atomic E-state index is 0.340. The van der Waals surface area contributed by atoms with Crippen LogP contribution in [-0.4, -0.2) is 45.1 Å². The fourth-order valence-electron chi connectivity index (χ4n) is 2.21. The second kappa shape index (κ2) is 8.63. The van der Waals surface area contributed by atoms with Crippen molar-refractivity contribution in [1.29, 1.82) is 0 Å². The van der Waals surface area contributed by atoms with Crippen LogP contribution in [-0.2, 0) is 8.85 Å². The molecule has 0 N–H and O–H groups in total. The first kappa shape index (κ1) is 26.1. The fraction of sp³-hybridized carbons (Fsp3) is 0.846. The molecule has 0 saturated carbocycles. The van der Waals surface area contributed by atoms with Gasteiger partial charge in [-0.2, -0.15) is 48.3 Å². The number of halogens is 11. The largest absolute Gasteiger partial charge is 0.422 e. The summed E-state index contributed by atoms with van der Waals surface area (Å²) in [6.07, 6.45) is -4.39. The van der Waals surface area contributed by atoms with Gasteiger partial charge in [0.15, 0.2) is 0 Å². The van der Waals surface area contributed by atoms with Gasteiger partial charge in [0.05, 0.1) is 0 Å². The first-order valence-corrected chi connectivity index (χ1v) is 9.56. The van der Waals surface area contributed by atoms with E-state index < -0.39 is 63.0 Å². The fourth-order valence-corrected chi connectivity index (χ4v) is 5.48. The maximum absolute atomic E-state index is 14.5. The Hall–Kier alpha value is -0.893. The Balaban J connectivity index is 6.60. The smallest absolute Gasteiger partial charge is 0.391 e. The molecular weight excluding hydrogens is 425 g/mol. The number of alkyl halides is 8. The molecule has 0 rings (SSSR count). The Morgan fingerprint density at radius 3 is 1.44 bits per heavy atom. The molecule has 2 nitrogen and oxygen atoms in total. The van der Waals surface area contributed by atoms with E-state index in [4.69, 9.17) is 0 Å². The third-order valence-electron chi connectivity index (χ3n) is 3.44. The Morgan fingerprint density at radius 1 is 0.741 bits per heavy atom. The first-order valence-electron chi connectivity index (χ1n) is 7.54. The van der Waals surface area contributed by atoms with Crippen molar-refractivity contribution >= 4 is 8.56 Å². The third kappa shape index (κ3) is 4.11. The number of allylic oxidation sites excluding steroid dienone is 1. The van der Waals surface area contributed by atoms with Crippen LogP contribution in [0.2, 0.25) is 6.04 Å². The Kier molecular flexibility index (Phi) is 8.35. The Morgan fingerprint density at radius 2 is 1.15 bits per heavy atom. The summed E-state index contributed by atoms with van der Waals surface area (Å²) in [4.78, 5) is 0. The summed E-state index contributed by atoms with van der Waals surface area (Å²) in [5.41, 5.74) is -6.03. The van der Waals surface area contributed by atoms with Gasteiger partial charge in [-0.05, 0) is 19.9 Å². The topological polar surface area (TPSA) is 18.5 Å². The SMILES string of the molecule is CCC[Si](OCC)(OCC)C(F)(F)C(F)(F)C(F)(F)C(F)(F)C(F)=C(F)F. The minimum atomic E-state index is -7.22. The zero-order chi connectivity index (χ0) is 21.9. The Labute approximate surface area is 148 Å². The van der Waals surface area contributed by atoms with Crippen LogP contribution in [0.25, 0.3) is 0 Å². The quantitative estimate of drug-likeness (QED) is 0.286. The van der Waals surface area contributed by atoms with E-state index in [0.29, 0.717) is 0 Å². The van der Waals surface area contributed by atoms with Gasteiger partial charge in [0.1, 0.15) is 0 Å². The van der Waals surface area contributed by atoms with E-state index in [9.17, 15) is 48.3 Å². The maximum Gasteiger partial charge on any atom is 0.422 e. The van der Waals surface area contributed by atoms with Crippen molar-refractivity contribution < 1.29 is 57.1 Å². The molecule has 0 radical (unpaired) electrons. The van der Waals surface area contributed by atoms with Gasteiger partial charge in [0.2, 0.25) is 5.83 Å². The zero-order valence-electron chi connectivity index (χ0n) is 14.3. The average molecular weight is 442 g/mol. The Bertz CT molecular complexity index is 515. The third-order valence-corrected chi connectivity index (χ3v) is 7.38. The van der Waals surface area contributed by atoms with E-state index in [-0.39, 0.29) is 6.42 Å². The van der Waals surface area contributed by atoms with Crippen molar-refractivity contribution in [1.82, 2.24) is 0 Å². The lowest BCUT2D eigenvalue weighted by Gasteiger charge is -2.43. The second-order valence-electron chi connectivity index (χ2n) is 5.24. The van der Waals surface area contributed by atoms with Crippen molar-refractivity contribution in [2.75, 3.05) is 13.2 Å². The van der Waals surface area contributed by atoms with E-state index in [1.165, 1.54) is 6.92 Å². The molecule has 0 aromatic heterocycles.